The van der Waals surface area contributed by atoms with Crippen LogP contribution in [0.15, 0.2) is 30.3 Å². The molecule has 2 aromatic carbocycles. The molecule has 0 spiro atoms. The van der Waals surface area contributed by atoms with Crippen LogP contribution in [0, 0.1) is 29.9 Å². The number of aryl methyl sites for hydroxylation is 1. The second kappa shape index (κ2) is 4.99. The van der Waals surface area contributed by atoms with Crippen molar-refractivity contribution in [1.82, 2.24) is 0 Å². The number of nitriles is 1. The van der Waals surface area contributed by atoms with Gasteiger partial charge in [0, 0.05) is 18.8 Å². The van der Waals surface area contributed by atoms with Crippen LogP contribution in [-0.4, -0.2) is 13.2 Å². The van der Waals surface area contributed by atoms with E-state index in [0.717, 1.165) is 11.3 Å². The van der Waals surface area contributed by atoms with Crippen molar-refractivity contribution in [3.8, 4) is 6.07 Å². The minimum absolute atomic E-state index is 0.181. The van der Waals surface area contributed by atoms with Crippen LogP contribution >= 0.6 is 0 Å². The number of fused-ring (bicyclic) bond motifs is 1. The number of benzene rings is 2. The molecule has 0 saturated carbocycles. The maximum Gasteiger partial charge on any atom is 0.169 e. The van der Waals surface area contributed by atoms with E-state index in [-0.39, 0.29) is 11.9 Å². The molecule has 0 saturated heterocycles. The van der Waals surface area contributed by atoms with Crippen LogP contribution in [-0.2, 0) is 0 Å². The highest BCUT2D eigenvalue weighted by Gasteiger charge is 2.36. The van der Waals surface area contributed by atoms with Crippen molar-refractivity contribution in [2.75, 3.05) is 16.8 Å². The number of halogens is 2. The number of nitrogens with zero attached hydrogens (tertiary/aromatic N) is 3. The van der Waals surface area contributed by atoms with Crippen molar-refractivity contribution < 1.29 is 8.78 Å². The van der Waals surface area contributed by atoms with E-state index in [1.54, 1.807) is 18.0 Å². The molecule has 0 radical (unpaired) electrons. The standard InChI is InChI=1S/C17H15F2N3/c1-10-5-4-6-12(7-10)22-11(2)21(3)17-15(22)8-14(18)13(9-20)16(17)19/h4-8,11H,1-3H3/t11-/m0/s1. The average Bonchev–Trinajstić information content (AvgIpc) is 2.71. The largest absolute Gasteiger partial charge is 0.350 e. The molecule has 5 heteroatoms. The van der Waals surface area contributed by atoms with Crippen molar-refractivity contribution in [3.05, 3.63) is 53.1 Å². The summed E-state index contributed by atoms with van der Waals surface area (Å²) in [5.74, 6) is -1.64. The lowest BCUT2D eigenvalue weighted by molar-refractivity contribution is 0.577. The van der Waals surface area contributed by atoms with Gasteiger partial charge in [-0.25, -0.2) is 8.78 Å². The first kappa shape index (κ1) is 14.3. The van der Waals surface area contributed by atoms with E-state index in [1.165, 1.54) is 6.07 Å². The highest BCUT2D eigenvalue weighted by Crippen LogP contribution is 2.46. The number of hydrogen-bond donors (Lipinski definition) is 0. The Morgan fingerprint density at radius 1 is 1.23 bits per heavy atom. The fraction of sp³-hybridized carbons (Fsp3) is 0.235. The highest BCUT2D eigenvalue weighted by atomic mass is 19.1. The van der Waals surface area contributed by atoms with Gasteiger partial charge in [0.1, 0.15) is 29.3 Å². The summed E-state index contributed by atoms with van der Waals surface area (Å²) in [4.78, 5) is 3.59. The van der Waals surface area contributed by atoms with E-state index in [2.05, 4.69) is 0 Å². The molecule has 1 heterocycles. The summed E-state index contributed by atoms with van der Waals surface area (Å²) in [6.45, 7) is 3.88. The van der Waals surface area contributed by atoms with Crippen molar-refractivity contribution in [3.63, 3.8) is 0 Å². The third-order valence-electron chi connectivity index (χ3n) is 4.11. The van der Waals surface area contributed by atoms with Crippen LogP contribution in [0.5, 0.6) is 0 Å². The average molecular weight is 299 g/mol. The lowest BCUT2D eigenvalue weighted by Crippen LogP contribution is -2.35. The Bertz CT molecular complexity index is 795. The van der Waals surface area contributed by atoms with E-state index in [0.29, 0.717) is 5.69 Å². The van der Waals surface area contributed by atoms with E-state index in [4.69, 9.17) is 5.26 Å². The zero-order valence-corrected chi connectivity index (χ0v) is 12.6. The minimum atomic E-state index is -0.834. The van der Waals surface area contributed by atoms with Gasteiger partial charge in [-0.1, -0.05) is 12.1 Å². The predicted molar refractivity (Wildman–Crippen MR) is 82.3 cm³/mol. The summed E-state index contributed by atoms with van der Waals surface area (Å²) in [6.07, 6.45) is -0.181. The molecule has 0 amide bonds. The van der Waals surface area contributed by atoms with Crippen molar-refractivity contribution in [2.45, 2.75) is 20.0 Å². The molecule has 0 unspecified atom stereocenters. The van der Waals surface area contributed by atoms with Crippen LogP contribution in [0.1, 0.15) is 18.1 Å². The summed E-state index contributed by atoms with van der Waals surface area (Å²) in [5.41, 5.74) is 2.09. The minimum Gasteiger partial charge on any atom is -0.350 e. The van der Waals surface area contributed by atoms with Gasteiger partial charge in [0.25, 0.3) is 0 Å². The van der Waals surface area contributed by atoms with Crippen molar-refractivity contribution in [2.24, 2.45) is 0 Å². The Labute approximate surface area is 128 Å². The molecule has 1 aliphatic rings. The van der Waals surface area contributed by atoms with Gasteiger partial charge in [-0.05, 0) is 31.5 Å². The summed E-state index contributed by atoms with van der Waals surface area (Å²) in [6, 6.07) is 10.6. The molecular formula is C17H15F2N3. The normalized spacial score (nSPS) is 16.6. The molecule has 2 aromatic rings. The Morgan fingerprint density at radius 2 is 1.95 bits per heavy atom. The second-order valence-electron chi connectivity index (χ2n) is 5.48. The van der Waals surface area contributed by atoms with E-state index in [9.17, 15) is 8.78 Å². The molecule has 112 valence electrons. The first-order valence-corrected chi connectivity index (χ1v) is 6.96. The van der Waals surface area contributed by atoms with Crippen LogP contribution in [0.2, 0.25) is 0 Å². The molecule has 1 aliphatic heterocycles. The summed E-state index contributed by atoms with van der Waals surface area (Å²) < 4.78 is 28.5. The first-order chi connectivity index (χ1) is 10.5. The van der Waals surface area contributed by atoms with Gasteiger partial charge in [-0.15, -0.1) is 0 Å². The van der Waals surface area contributed by atoms with Gasteiger partial charge in [0.15, 0.2) is 5.82 Å². The molecule has 22 heavy (non-hydrogen) atoms. The lowest BCUT2D eigenvalue weighted by Gasteiger charge is -2.27. The quantitative estimate of drug-likeness (QED) is 0.795. The Morgan fingerprint density at radius 3 is 2.59 bits per heavy atom. The molecule has 0 aliphatic carbocycles. The Hall–Kier alpha value is -2.61. The molecule has 1 atom stereocenters. The molecule has 0 bridgehead atoms. The monoisotopic (exact) mass is 299 g/mol. The maximum atomic E-state index is 14.5. The van der Waals surface area contributed by atoms with Gasteiger partial charge in [0.2, 0.25) is 0 Å². The molecule has 3 rings (SSSR count). The van der Waals surface area contributed by atoms with Gasteiger partial charge < -0.3 is 9.80 Å². The third-order valence-corrected chi connectivity index (χ3v) is 4.11. The van der Waals surface area contributed by atoms with Crippen LogP contribution in [0.25, 0.3) is 0 Å². The fourth-order valence-corrected chi connectivity index (χ4v) is 2.91. The van der Waals surface area contributed by atoms with Crippen molar-refractivity contribution in [1.29, 1.82) is 5.26 Å². The van der Waals surface area contributed by atoms with Crippen LogP contribution in [0.3, 0.4) is 0 Å². The summed E-state index contributed by atoms with van der Waals surface area (Å²) >= 11 is 0. The van der Waals surface area contributed by atoms with Crippen LogP contribution in [0.4, 0.5) is 25.8 Å². The zero-order valence-electron chi connectivity index (χ0n) is 12.6. The molecule has 3 nitrogen and oxygen atoms in total. The third kappa shape index (κ3) is 1.92. The Balaban J connectivity index is 2.25. The summed E-state index contributed by atoms with van der Waals surface area (Å²) in [5, 5.41) is 8.94. The Kier molecular flexibility index (Phi) is 3.25. The second-order valence-corrected chi connectivity index (χ2v) is 5.48. The first-order valence-electron chi connectivity index (χ1n) is 6.96. The van der Waals surface area contributed by atoms with E-state index < -0.39 is 17.2 Å². The fourth-order valence-electron chi connectivity index (χ4n) is 2.91. The van der Waals surface area contributed by atoms with Crippen molar-refractivity contribution >= 4 is 17.1 Å². The topological polar surface area (TPSA) is 30.3 Å². The highest BCUT2D eigenvalue weighted by molar-refractivity contribution is 5.85. The molecule has 0 aromatic heterocycles. The van der Waals surface area contributed by atoms with Gasteiger partial charge in [-0.2, -0.15) is 5.26 Å². The SMILES string of the molecule is Cc1cccc(N2c3cc(F)c(C#N)c(F)c3N(C)[C@@H]2C)c1. The van der Waals surface area contributed by atoms with E-state index in [1.807, 2.05) is 43.0 Å². The zero-order chi connectivity index (χ0) is 16.0. The smallest absolute Gasteiger partial charge is 0.169 e. The number of rotatable bonds is 1. The molecule has 0 N–H and O–H groups in total. The van der Waals surface area contributed by atoms with Gasteiger partial charge in [-0.3, -0.25) is 0 Å². The van der Waals surface area contributed by atoms with Gasteiger partial charge in [0.05, 0.1) is 5.69 Å². The maximum absolute atomic E-state index is 14.5. The number of hydrogen-bond acceptors (Lipinski definition) is 3. The lowest BCUT2D eigenvalue weighted by atomic mass is 10.1. The predicted octanol–water partition coefficient (Wildman–Crippen LogP) is 4.08. The molecular weight excluding hydrogens is 284 g/mol. The molecule has 0 fully saturated rings. The summed E-state index contributed by atoms with van der Waals surface area (Å²) in [7, 11) is 1.74. The van der Waals surface area contributed by atoms with Gasteiger partial charge >= 0.3 is 0 Å². The number of anilines is 3. The van der Waals surface area contributed by atoms with Crippen LogP contribution < -0.4 is 9.80 Å². The van der Waals surface area contributed by atoms with E-state index >= 15 is 0 Å².